The molecule has 0 N–H and O–H groups in total. The van der Waals surface area contributed by atoms with Gasteiger partial charge in [-0.05, 0) is 18.2 Å². The SMILES string of the molecule is CN(C)C(=O)Cn1cc(C(=O)N2CCN(C(=O)c3ccc(F)cc3Cl)CC2)nn1. The molecule has 0 unspecified atom stereocenters. The van der Waals surface area contributed by atoms with Gasteiger partial charge in [-0.2, -0.15) is 0 Å². The number of amides is 3. The number of aromatic nitrogens is 3. The molecule has 1 aromatic carbocycles. The molecule has 3 amide bonds. The number of piperazine rings is 1. The van der Waals surface area contributed by atoms with E-state index in [0.29, 0.717) is 26.2 Å². The molecule has 3 rings (SSSR count). The Morgan fingerprint density at radius 1 is 1.10 bits per heavy atom. The summed E-state index contributed by atoms with van der Waals surface area (Å²) in [4.78, 5) is 41.5. The number of hydrogen-bond donors (Lipinski definition) is 0. The lowest BCUT2D eigenvalue weighted by atomic mass is 10.1. The molecular formula is C18H20ClFN6O3. The molecule has 0 spiro atoms. The van der Waals surface area contributed by atoms with E-state index in [-0.39, 0.29) is 40.5 Å². The first-order valence-electron chi connectivity index (χ1n) is 8.90. The maximum Gasteiger partial charge on any atom is 0.276 e. The molecule has 0 bridgehead atoms. The first kappa shape index (κ1) is 20.7. The fraction of sp³-hybridized carbons (Fsp3) is 0.389. The Balaban J connectivity index is 1.59. The van der Waals surface area contributed by atoms with Crippen LogP contribution >= 0.6 is 11.6 Å². The molecule has 1 saturated heterocycles. The summed E-state index contributed by atoms with van der Waals surface area (Å²) in [5.41, 5.74) is 0.360. The Morgan fingerprint density at radius 2 is 1.72 bits per heavy atom. The smallest absolute Gasteiger partial charge is 0.276 e. The van der Waals surface area contributed by atoms with Crippen LogP contribution in [0, 0.1) is 5.82 Å². The predicted molar refractivity (Wildman–Crippen MR) is 102 cm³/mol. The second kappa shape index (κ2) is 8.56. The highest BCUT2D eigenvalue weighted by atomic mass is 35.5. The second-order valence-corrected chi connectivity index (χ2v) is 7.21. The van der Waals surface area contributed by atoms with E-state index < -0.39 is 5.82 Å². The van der Waals surface area contributed by atoms with Gasteiger partial charge >= 0.3 is 0 Å². The summed E-state index contributed by atoms with van der Waals surface area (Å²) < 4.78 is 14.5. The number of benzene rings is 1. The van der Waals surface area contributed by atoms with Crippen LogP contribution in [-0.2, 0) is 11.3 Å². The number of carbonyl (C=O) groups is 3. The Hall–Kier alpha value is -3.01. The van der Waals surface area contributed by atoms with E-state index in [1.54, 1.807) is 23.9 Å². The van der Waals surface area contributed by atoms with Crippen LogP contribution < -0.4 is 0 Å². The number of carbonyl (C=O) groups excluding carboxylic acids is 3. The van der Waals surface area contributed by atoms with Crippen LogP contribution in [0.25, 0.3) is 0 Å². The predicted octanol–water partition coefficient (Wildman–Crippen LogP) is 0.757. The third kappa shape index (κ3) is 4.70. The van der Waals surface area contributed by atoms with Gasteiger partial charge in [-0.3, -0.25) is 14.4 Å². The van der Waals surface area contributed by atoms with Gasteiger partial charge in [0.15, 0.2) is 5.69 Å². The maximum absolute atomic E-state index is 13.2. The van der Waals surface area contributed by atoms with Gasteiger partial charge in [-0.15, -0.1) is 5.10 Å². The number of likely N-dealkylation sites (N-methyl/N-ethyl adjacent to an activating group) is 1. The van der Waals surface area contributed by atoms with Gasteiger partial charge in [-0.25, -0.2) is 9.07 Å². The van der Waals surface area contributed by atoms with Crippen LogP contribution in [0.3, 0.4) is 0 Å². The van der Waals surface area contributed by atoms with Crippen LogP contribution in [-0.4, -0.2) is 87.7 Å². The number of nitrogens with zero attached hydrogens (tertiary/aromatic N) is 6. The summed E-state index contributed by atoms with van der Waals surface area (Å²) in [6.45, 7) is 1.24. The van der Waals surface area contributed by atoms with Crippen molar-refractivity contribution in [3.63, 3.8) is 0 Å². The molecule has 11 heteroatoms. The lowest BCUT2D eigenvalue weighted by Crippen LogP contribution is -2.50. The van der Waals surface area contributed by atoms with Crippen molar-refractivity contribution < 1.29 is 18.8 Å². The molecule has 9 nitrogen and oxygen atoms in total. The van der Waals surface area contributed by atoms with E-state index in [2.05, 4.69) is 10.3 Å². The highest BCUT2D eigenvalue weighted by molar-refractivity contribution is 6.33. The second-order valence-electron chi connectivity index (χ2n) is 6.80. The molecule has 1 aromatic heterocycles. The molecule has 0 aliphatic carbocycles. The van der Waals surface area contributed by atoms with Crippen molar-refractivity contribution in [2.75, 3.05) is 40.3 Å². The molecule has 2 aromatic rings. The Morgan fingerprint density at radius 3 is 2.31 bits per heavy atom. The van der Waals surface area contributed by atoms with Gasteiger partial charge in [0, 0.05) is 40.3 Å². The van der Waals surface area contributed by atoms with Crippen molar-refractivity contribution in [2.45, 2.75) is 6.54 Å². The molecule has 29 heavy (non-hydrogen) atoms. The van der Waals surface area contributed by atoms with Crippen molar-refractivity contribution >= 4 is 29.3 Å². The van der Waals surface area contributed by atoms with Crippen LogP contribution in [0.4, 0.5) is 4.39 Å². The van der Waals surface area contributed by atoms with Crippen molar-refractivity contribution in [1.82, 2.24) is 29.7 Å². The number of hydrogen-bond acceptors (Lipinski definition) is 5. The van der Waals surface area contributed by atoms with Crippen molar-refractivity contribution in [3.8, 4) is 0 Å². The van der Waals surface area contributed by atoms with Gasteiger partial charge in [0.05, 0.1) is 16.8 Å². The van der Waals surface area contributed by atoms with Crippen LogP contribution in [0.15, 0.2) is 24.4 Å². The third-order valence-corrected chi connectivity index (χ3v) is 4.88. The van der Waals surface area contributed by atoms with E-state index >= 15 is 0 Å². The molecule has 0 saturated carbocycles. The van der Waals surface area contributed by atoms with Gasteiger partial charge in [0.2, 0.25) is 5.91 Å². The first-order valence-corrected chi connectivity index (χ1v) is 9.28. The average molecular weight is 423 g/mol. The van der Waals surface area contributed by atoms with E-state index in [9.17, 15) is 18.8 Å². The van der Waals surface area contributed by atoms with Gasteiger partial charge < -0.3 is 14.7 Å². The third-order valence-electron chi connectivity index (χ3n) is 4.57. The summed E-state index contributed by atoms with van der Waals surface area (Å²) in [5, 5.41) is 7.71. The molecule has 1 fully saturated rings. The zero-order valence-electron chi connectivity index (χ0n) is 16.0. The average Bonchev–Trinajstić information content (AvgIpc) is 3.15. The molecule has 0 radical (unpaired) electrons. The minimum atomic E-state index is -0.512. The minimum absolute atomic E-state index is 0.00596. The quantitative estimate of drug-likeness (QED) is 0.725. The minimum Gasteiger partial charge on any atom is -0.347 e. The monoisotopic (exact) mass is 422 g/mol. The summed E-state index contributed by atoms with van der Waals surface area (Å²) in [6, 6.07) is 3.63. The fourth-order valence-corrected chi connectivity index (χ4v) is 3.11. The Bertz CT molecular complexity index is 939. The maximum atomic E-state index is 13.2. The highest BCUT2D eigenvalue weighted by Gasteiger charge is 2.28. The van der Waals surface area contributed by atoms with Crippen LogP contribution in [0.1, 0.15) is 20.8 Å². The molecule has 1 aliphatic heterocycles. The zero-order chi connectivity index (χ0) is 21.1. The van der Waals surface area contributed by atoms with Crippen molar-refractivity contribution in [1.29, 1.82) is 0 Å². The van der Waals surface area contributed by atoms with E-state index in [4.69, 9.17) is 11.6 Å². The Labute approximate surface area is 171 Å². The lowest BCUT2D eigenvalue weighted by Gasteiger charge is -2.34. The van der Waals surface area contributed by atoms with E-state index in [1.165, 1.54) is 27.9 Å². The van der Waals surface area contributed by atoms with Crippen LogP contribution in [0.2, 0.25) is 5.02 Å². The van der Waals surface area contributed by atoms with Gasteiger partial charge in [-0.1, -0.05) is 16.8 Å². The number of rotatable bonds is 4. The molecule has 1 aliphatic rings. The normalized spacial score (nSPS) is 14.1. The van der Waals surface area contributed by atoms with Gasteiger partial charge in [0.25, 0.3) is 11.8 Å². The summed E-state index contributed by atoms with van der Waals surface area (Å²) in [6.07, 6.45) is 1.43. The van der Waals surface area contributed by atoms with Crippen molar-refractivity contribution in [3.05, 3.63) is 46.5 Å². The van der Waals surface area contributed by atoms with Crippen LogP contribution in [0.5, 0.6) is 0 Å². The fourth-order valence-electron chi connectivity index (χ4n) is 2.86. The summed E-state index contributed by atoms with van der Waals surface area (Å²) in [5.74, 6) is -1.31. The Kier molecular flexibility index (Phi) is 6.12. The number of halogens is 2. The highest BCUT2D eigenvalue weighted by Crippen LogP contribution is 2.20. The molecule has 154 valence electrons. The molecule has 0 atom stereocenters. The zero-order valence-corrected chi connectivity index (χ0v) is 16.8. The largest absolute Gasteiger partial charge is 0.347 e. The lowest BCUT2D eigenvalue weighted by molar-refractivity contribution is -0.129. The van der Waals surface area contributed by atoms with E-state index in [0.717, 1.165) is 6.07 Å². The summed E-state index contributed by atoms with van der Waals surface area (Å²) in [7, 11) is 3.26. The first-order chi connectivity index (χ1) is 13.8. The summed E-state index contributed by atoms with van der Waals surface area (Å²) >= 11 is 5.96. The van der Waals surface area contributed by atoms with Gasteiger partial charge in [0.1, 0.15) is 12.4 Å². The van der Waals surface area contributed by atoms with Crippen molar-refractivity contribution in [2.24, 2.45) is 0 Å². The van der Waals surface area contributed by atoms with E-state index in [1.807, 2.05) is 0 Å². The molecular weight excluding hydrogens is 403 g/mol. The standard InChI is InChI=1S/C18H20ClFN6O3/c1-23(2)16(27)11-26-10-15(21-22-26)18(29)25-7-5-24(6-8-25)17(28)13-4-3-12(20)9-14(13)19/h3-4,9-10H,5-8,11H2,1-2H3. The topological polar surface area (TPSA) is 91.6 Å². The molecule has 2 heterocycles.